The molecule has 0 bridgehead atoms. The van der Waals surface area contributed by atoms with Crippen molar-refractivity contribution in [2.75, 3.05) is 0 Å². The zero-order valence-corrected chi connectivity index (χ0v) is 8.72. The first-order valence-electron chi connectivity index (χ1n) is 4.54. The van der Waals surface area contributed by atoms with E-state index in [0.29, 0.717) is 5.02 Å². The van der Waals surface area contributed by atoms with Gasteiger partial charge in [-0.25, -0.2) is 9.97 Å². The van der Waals surface area contributed by atoms with Crippen LogP contribution in [0.3, 0.4) is 0 Å². The van der Waals surface area contributed by atoms with Crippen molar-refractivity contribution in [3.63, 3.8) is 0 Å². The van der Waals surface area contributed by atoms with Crippen molar-refractivity contribution in [1.29, 1.82) is 0 Å². The van der Waals surface area contributed by atoms with Crippen LogP contribution in [-0.2, 0) is 0 Å². The number of aromatic nitrogens is 2. The van der Waals surface area contributed by atoms with E-state index < -0.39 is 0 Å². The second-order valence-corrected chi connectivity index (χ2v) is 3.58. The summed E-state index contributed by atoms with van der Waals surface area (Å²) in [6.45, 7) is 0. The van der Waals surface area contributed by atoms with Crippen LogP contribution in [0.15, 0.2) is 43.0 Å². The molecule has 1 heterocycles. The highest BCUT2D eigenvalue weighted by Crippen LogP contribution is 2.24. The summed E-state index contributed by atoms with van der Waals surface area (Å²) in [5.41, 5.74) is 7.79. The Labute approximate surface area is 92.9 Å². The lowest BCUT2D eigenvalue weighted by molar-refractivity contribution is 0.851. The summed E-state index contributed by atoms with van der Waals surface area (Å²) >= 11 is 6.05. The fourth-order valence-corrected chi connectivity index (χ4v) is 1.63. The Hall–Kier alpha value is -1.45. The molecule has 1 unspecified atom stereocenters. The Morgan fingerprint density at radius 1 is 1.13 bits per heavy atom. The summed E-state index contributed by atoms with van der Waals surface area (Å²) in [6.07, 6.45) is 4.87. The third-order valence-corrected chi connectivity index (χ3v) is 2.52. The minimum atomic E-state index is -0.278. The quantitative estimate of drug-likeness (QED) is 0.842. The van der Waals surface area contributed by atoms with Gasteiger partial charge in [-0.15, -0.1) is 0 Å². The van der Waals surface area contributed by atoms with Crippen molar-refractivity contribution in [2.24, 2.45) is 5.73 Å². The smallest absolute Gasteiger partial charge is 0.115 e. The van der Waals surface area contributed by atoms with Gasteiger partial charge in [0.25, 0.3) is 0 Å². The Kier molecular flexibility index (Phi) is 2.94. The Bertz CT molecular complexity index is 445. The average Bonchev–Trinajstić information content (AvgIpc) is 2.30. The minimum absolute atomic E-state index is 0.278. The first kappa shape index (κ1) is 10.1. The van der Waals surface area contributed by atoms with E-state index in [1.54, 1.807) is 12.4 Å². The highest BCUT2D eigenvalue weighted by atomic mass is 35.5. The molecule has 0 spiro atoms. The van der Waals surface area contributed by atoms with E-state index >= 15 is 0 Å². The highest BCUT2D eigenvalue weighted by Gasteiger charge is 2.11. The normalized spacial score (nSPS) is 12.4. The predicted octanol–water partition coefficient (Wildman–Crippen LogP) is 2.18. The third kappa shape index (κ3) is 2.14. The zero-order chi connectivity index (χ0) is 10.7. The molecule has 1 aromatic heterocycles. The van der Waals surface area contributed by atoms with E-state index in [0.717, 1.165) is 11.1 Å². The summed E-state index contributed by atoms with van der Waals surface area (Å²) in [5, 5.41) is 0.661. The first-order chi connectivity index (χ1) is 7.29. The Morgan fingerprint density at radius 3 is 2.47 bits per heavy atom. The van der Waals surface area contributed by atoms with E-state index in [2.05, 4.69) is 9.97 Å². The molecule has 15 heavy (non-hydrogen) atoms. The van der Waals surface area contributed by atoms with Crippen LogP contribution in [-0.4, -0.2) is 9.97 Å². The van der Waals surface area contributed by atoms with Gasteiger partial charge < -0.3 is 5.73 Å². The van der Waals surface area contributed by atoms with Crippen LogP contribution in [0.2, 0.25) is 5.02 Å². The van der Waals surface area contributed by atoms with Gasteiger partial charge in [-0.3, -0.25) is 0 Å². The molecule has 0 radical (unpaired) electrons. The summed E-state index contributed by atoms with van der Waals surface area (Å²) < 4.78 is 0. The number of hydrogen-bond acceptors (Lipinski definition) is 3. The summed E-state index contributed by atoms with van der Waals surface area (Å²) in [7, 11) is 0. The van der Waals surface area contributed by atoms with Crippen LogP contribution >= 0.6 is 11.6 Å². The summed E-state index contributed by atoms with van der Waals surface area (Å²) in [6, 6.07) is 7.23. The average molecular weight is 220 g/mol. The molecule has 0 fully saturated rings. The number of benzene rings is 1. The predicted molar refractivity (Wildman–Crippen MR) is 59.5 cm³/mol. The molecule has 76 valence electrons. The van der Waals surface area contributed by atoms with Gasteiger partial charge in [-0.1, -0.05) is 29.8 Å². The molecular weight excluding hydrogens is 210 g/mol. The van der Waals surface area contributed by atoms with Crippen LogP contribution in [0.4, 0.5) is 0 Å². The molecule has 0 aliphatic heterocycles. The van der Waals surface area contributed by atoms with Gasteiger partial charge in [0.2, 0.25) is 0 Å². The fourth-order valence-electron chi connectivity index (χ4n) is 1.38. The van der Waals surface area contributed by atoms with Gasteiger partial charge in [0.05, 0.1) is 6.04 Å². The van der Waals surface area contributed by atoms with Gasteiger partial charge in [0, 0.05) is 23.0 Å². The third-order valence-electron chi connectivity index (χ3n) is 2.18. The molecule has 2 N–H and O–H groups in total. The number of nitrogens with zero attached hydrogens (tertiary/aromatic N) is 2. The van der Waals surface area contributed by atoms with Crippen molar-refractivity contribution in [2.45, 2.75) is 6.04 Å². The molecule has 2 rings (SSSR count). The van der Waals surface area contributed by atoms with Crippen molar-refractivity contribution >= 4 is 11.6 Å². The number of nitrogens with two attached hydrogens (primary N) is 1. The Morgan fingerprint density at radius 2 is 1.80 bits per heavy atom. The lowest BCUT2D eigenvalue weighted by Gasteiger charge is -2.12. The lowest BCUT2D eigenvalue weighted by Crippen LogP contribution is -2.12. The second-order valence-electron chi connectivity index (χ2n) is 3.17. The number of rotatable bonds is 2. The second kappa shape index (κ2) is 4.38. The van der Waals surface area contributed by atoms with Crippen molar-refractivity contribution in [3.8, 4) is 0 Å². The molecule has 3 nitrogen and oxygen atoms in total. The number of hydrogen-bond donors (Lipinski definition) is 1. The van der Waals surface area contributed by atoms with E-state index in [-0.39, 0.29) is 6.04 Å². The van der Waals surface area contributed by atoms with Gasteiger partial charge in [0.15, 0.2) is 0 Å². The van der Waals surface area contributed by atoms with Crippen LogP contribution in [0, 0.1) is 0 Å². The lowest BCUT2D eigenvalue weighted by atomic mass is 10.0. The molecule has 1 atom stereocenters. The molecule has 4 heteroatoms. The molecule has 0 aliphatic carbocycles. The molecule has 0 saturated heterocycles. The fraction of sp³-hybridized carbons (Fsp3) is 0.0909. The van der Waals surface area contributed by atoms with E-state index in [4.69, 9.17) is 17.3 Å². The number of halogens is 1. The maximum Gasteiger partial charge on any atom is 0.115 e. The molecule has 0 amide bonds. The molecule has 0 aliphatic rings. The monoisotopic (exact) mass is 219 g/mol. The van der Waals surface area contributed by atoms with Crippen molar-refractivity contribution < 1.29 is 0 Å². The minimum Gasteiger partial charge on any atom is -0.320 e. The van der Waals surface area contributed by atoms with E-state index in [9.17, 15) is 0 Å². The van der Waals surface area contributed by atoms with Crippen LogP contribution in [0.25, 0.3) is 0 Å². The van der Waals surface area contributed by atoms with E-state index in [1.165, 1.54) is 6.33 Å². The van der Waals surface area contributed by atoms with E-state index in [1.807, 2.05) is 24.3 Å². The zero-order valence-electron chi connectivity index (χ0n) is 7.97. The largest absolute Gasteiger partial charge is 0.320 e. The molecule has 2 aromatic rings. The van der Waals surface area contributed by atoms with Gasteiger partial charge in [-0.05, 0) is 11.6 Å². The van der Waals surface area contributed by atoms with Crippen LogP contribution in [0.5, 0.6) is 0 Å². The van der Waals surface area contributed by atoms with Gasteiger partial charge >= 0.3 is 0 Å². The SMILES string of the molecule is NC(c1cncnc1)c1ccccc1Cl. The summed E-state index contributed by atoms with van der Waals surface area (Å²) in [4.78, 5) is 7.85. The molecule has 0 saturated carbocycles. The Balaban J connectivity index is 2.37. The highest BCUT2D eigenvalue weighted by molar-refractivity contribution is 6.31. The molecule has 1 aromatic carbocycles. The standard InChI is InChI=1S/C11H10ClN3/c12-10-4-2-1-3-9(10)11(13)8-5-14-7-15-6-8/h1-7,11H,13H2. The van der Waals surface area contributed by atoms with Crippen molar-refractivity contribution in [1.82, 2.24) is 9.97 Å². The maximum atomic E-state index is 6.05. The van der Waals surface area contributed by atoms with Gasteiger partial charge in [0.1, 0.15) is 6.33 Å². The summed E-state index contributed by atoms with van der Waals surface area (Å²) in [5.74, 6) is 0. The van der Waals surface area contributed by atoms with Crippen LogP contribution in [0.1, 0.15) is 17.2 Å². The topological polar surface area (TPSA) is 51.8 Å². The van der Waals surface area contributed by atoms with Crippen LogP contribution < -0.4 is 5.73 Å². The first-order valence-corrected chi connectivity index (χ1v) is 4.92. The molecular formula is C11H10ClN3. The van der Waals surface area contributed by atoms with Gasteiger partial charge in [-0.2, -0.15) is 0 Å². The van der Waals surface area contributed by atoms with Crippen molar-refractivity contribution in [3.05, 3.63) is 59.1 Å². The maximum absolute atomic E-state index is 6.05.